The Labute approximate surface area is 174 Å². The molecule has 6 heteroatoms. The average Bonchev–Trinajstić information content (AvgIpc) is 3.58. The lowest BCUT2D eigenvalue weighted by atomic mass is 9.96. The summed E-state index contributed by atoms with van der Waals surface area (Å²) in [6, 6.07) is 13.6. The number of unbranched alkanes of at least 4 members (excludes halogenated alkanes) is 2. The Morgan fingerprint density at radius 2 is 1.97 bits per heavy atom. The van der Waals surface area contributed by atoms with Gasteiger partial charge in [-0.1, -0.05) is 12.1 Å². The van der Waals surface area contributed by atoms with Crippen LogP contribution in [0.3, 0.4) is 0 Å². The molecule has 4 rings (SSSR count). The third-order valence-corrected chi connectivity index (χ3v) is 5.39. The van der Waals surface area contributed by atoms with Crippen molar-refractivity contribution in [3.63, 3.8) is 0 Å². The van der Waals surface area contributed by atoms with Crippen molar-refractivity contribution in [3.8, 4) is 22.9 Å². The van der Waals surface area contributed by atoms with Crippen molar-refractivity contribution in [1.29, 1.82) is 5.26 Å². The van der Waals surface area contributed by atoms with Gasteiger partial charge in [0.05, 0.1) is 6.61 Å². The Hall–Kier alpha value is -3.17. The fourth-order valence-corrected chi connectivity index (χ4v) is 3.79. The van der Waals surface area contributed by atoms with Gasteiger partial charge in [0, 0.05) is 29.0 Å². The first-order valence-corrected chi connectivity index (χ1v) is 10.3. The molecule has 1 aliphatic carbocycles. The molecule has 0 spiro atoms. The van der Waals surface area contributed by atoms with Crippen LogP contribution < -0.4 is 10.3 Å². The average molecular weight is 406 g/mol. The van der Waals surface area contributed by atoms with Gasteiger partial charge in [0.2, 0.25) is 0 Å². The number of pyridine rings is 1. The molecule has 0 bridgehead atoms. The van der Waals surface area contributed by atoms with E-state index in [2.05, 4.69) is 6.07 Å². The van der Waals surface area contributed by atoms with Gasteiger partial charge < -0.3 is 9.84 Å². The molecule has 0 unspecified atom stereocenters. The first kappa shape index (κ1) is 20.1. The number of aliphatic hydroxyl groups excluding tert-OH is 1. The third kappa shape index (κ3) is 3.94. The van der Waals surface area contributed by atoms with Crippen LogP contribution in [-0.2, 0) is 0 Å². The predicted octanol–water partition coefficient (Wildman–Crippen LogP) is 4.56. The highest BCUT2D eigenvalue weighted by Crippen LogP contribution is 2.39. The maximum Gasteiger partial charge on any atom is 0.259 e. The van der Waals surface area contributed by atoms with E-state index in [1.54, 1.807) is 34.9 Å². The van der Waals surface area contributed by atoms with E-state index >= 15 is 0 Å². The van der Waals surface area contributed by atoms with E-state index in [-0.39, 0.29) is 23.9 Å². The maximum absolute atomic E-state index is 14.0. The molecule has 0 radical (unpaired) electrons. The number of ether oxygens (including phenoxy) is 1. The summed E-state index contributed by atoms with van der Waals surface area (Å²) in [5.41, 5.74) is 1.19. The van der Waals surface area contributed by atoms with Crippen LogP contribution in [0.2, 0.25) is 0 Å². The Bertz CT molecular complexity index is 1180. The quantitative estimate of drug-likeness (QED) is 0.557. The topological polar surface area (TPSA) is 75.2 Å². The van der Waals surface area contributed by atoms with Crippen molar-refractivity contribution in [2.24, 2.45) is 0 Å². The summed E-state index contributed by atoms with van der Waals surface area (Å²) in [5, 5.41) is 19.9. The normalized spacial score (nSPS) is 13.4. The minimum absolute atomic E-state index is 0.0197. The van der Waals surface area contributed by atoms with Crippen LogP contribution in [0.25, 0.3) is 21.9 Å². The third-order valence-electron chi connectivity index (χ3n) is 5.39. The Balaban J connectivity index is 1.86. The van der Waals surface area contributed by atoms with Crippen LogP contribution in [0.1, 0.15) is 43.8 Å². The second-order valence-electron chi connectivity index (χ2n) is 7.59. The second-order valence-corrected chi connectivity index (χ2v) is 7.59. The lowest BCUT2D eigenvalue weighted by molar-refractivity contribution is 0.266. The molecule has 0 amide bonds. The van der Waals surface area contributed by atoms with Crippen molar-refractivity contribution in [2.75, 3.05) is 13.2 Å². The molecule has 30 heavy (non-hydrogen) atoms. The number of nitriles is 1. The molecule has 5 nitrogen and oxygen atoms in total. The number of nitrogens with zero attached hydrogens (tertiary/aromatic N) is 2. The van der Waals surface area contributed by atoms with E-state index in [1.165, 1.54) is 12.1 Å². The van der Waals surface area contributed by atoms with E-state index in [0.717, 1.165) is 32.1 Å². The van der Waals surface area contributed by atoms with Gasteiger partial charge >= 0.3 is 0 Å². The maximum atomic E-state index is 14.0. The molecular weight excluding hydrogens is 383 g/mol. The molecule has 1 fully saturated rings. The summed E-state index contributed by atoms with van der Waals surface area (Å²) < 4.78 is 21.4. The molecule has 0 aliphatic heterocycles. The van der Waals surface area contributed by atoms with Crippen LogP contribution in [0.5, 0.6) is 5.75 Å². The fraction of sp³-hybridized carbons (Fsp3) is 0.333. The van der Waals surface area contributed by atoms with Crippen molar-refractivity contribution in [2.45, 2.75) is 38.1 Å². The zero-order chi connectivity index (χ0) is 21.1. The first-order chi connectivity index (χ1) is 14.6. The number of rotatable bonds is 8. The van der Waals surface area contributed by atoms with E-state index in [1.807, 2.05) is 0 Å². The lowest BCUT2D eigenvalue weighted by Crippen LogP contribution is -2.23. The highest BCUT2D eigenvalue weighted by Gasteiger charge is 2.30. The first-order valence-electron chi connectivity index (χ1n) is 10.3. The SMILES string of the molecule is N#Cc1c(-c2cccc(F)c2)c2cc(OCCCCCO)ccc2c(=O)n1C1CC1. The number of aromatic nitrogens is 1. The van der Waals surface area contributed by atoms with Gasteiger partial charge in [-0.05, 0) is 68.0 Å². The lowest BCUT2D eigenvalue weighted by Gasteiger charge is -2.16. The number of hydrogen-bond acceptors (Lipinski definition) is 4. The molecule has 154 valence electrons. The Morgan fingerprint density at radius 3 is 2.67 bits per heavy atom. The van der Waals surface area contributed by atoms with Gasteiger partial charge in [-0.15, -0.1) is 0 Å². The monoisotopic (exact) mass is 406 g/mol. The molecule has 0 saturated heterocycles. The summed E-state index contributed by atoms with van der Waals surface area (Å²) >= 11 is 0. The number of halogens is 1. The standard InChI is InChI=1S/C24H23FN2O3/c25-17-6-4-5-16(13-17)23-21-14-19(30-12-3-1-2-11-28)9-10-20(21)24(29)27(18-7-8-18)22(23)15-26/h4-6,9-10,13-14,18,28H,1-3,7-8,11-12H2. The van der Waals surface area contributed by atoms with Crippen molar-refractivity contribution >= 4 is 10.8 Å². The van der Waals surface area contributed by atoms with Crippen LogP contribution in [0.4, 0.5) is 4.39 Å². The van der Waals surface area contributed by atoms with Gasteiger partial charge in [0.15, 0.2) is 0 Å². The number of hydrogen-bond donors (Lipinski definition) is 1. The molecular formula is C24H23FN2O3. The summed E-state index contributed by atoms with van der Waals surface area (Å²) in [7, 11) is 0. The van der Waals surface area contributed by atoms with Gasteiger partial charge in [-0.3, -0.25) is 9.36 Å². The highest BCUT2D eigenvalue weighted by molar-refractivity contribution is 5.99. The zero-order valence-corrected chi connectivity index (χ0v) is 16.6. The predicted molar refractivity (Wildman–Crippen MR) is 113 cm³/mol. The summed E-state index contributed by atoms with van der Waals surface area (Å²) in [5.74, 6) is 0.196. The molecule has 1 aliphatic rings. The summed E-state index contributed by atoms with van der Waals surface area (Å²) in [6.07, 6.45) is 4.12. The summed E-state index contributed by atoms with van der Waals surface area (Å²) in [6.45, 7) is 0.655. The largest absolute Gasteiger partial charge is 0.494 e. The van der Waals surface area contributed by atoms with Crippen molar-refractivity contribution in [3.05, 3.63) is 64.3 Å². The Morgan fingerprint density at radius 1 is 1.13 bits per heavy atom. The van der Waals surface area contributed by atoms with Crippen LogP contribution in [0, 0.1) is 17.1 Å². The highest BCUT2D eigenvalue weighted by atomic mass is 19.1. The van der Waals surface area contributed by atoms with E-state index in [0.29, 0.717) is 34.3 Å². The van der Waals surface area contributed by atoms with Gasteiger partial charge in [0.25, 0.3) is 5.56 Å². The van der Waals surface area contributed by atoms with E-state index in [4.69, 9.17) is 9.84 Å². The van der Waals surface area contributed by atoms with Crippen LogP contribution >= 0.6 is 0 Å². The van der Waals surface area contributed by atoms with Gasteiger partial charge in [-0.25, -0.2) is 4.39 Å². The number of aliphatic hydroxyl groups is 1. The molecule has 2 aromatic carbocycles. The summed E-state index contributed by atoms with van der Waals surface area (Å²) in [4.78, 5) is 13.2. The van der Waals surface area contributed by atoms with Crippen molar-refractivity contribution < 1.29 is 14.2 Å². The van der Waals surface area contributed by atoms with Crippen LogP contribution in [-0.4, -0.2) is 22.9 Å². The number of fused-ring (bicyclic) bond motifs is 1. The van der Waals surface area contributed by atoms with Crippen LogP contribution in [0.15, 0.2) is 47.3 Å². The molecule has 0 atom stereocenters. The second kappa shape index (κ2) is 8.68. The van der Waals surface area contributed by atoms with Gasteiger partial charge in [-0.2, -0.15) is 5.26 Å². The molecule has 1 aromatic heterocycles. The Kier molecular flexibility index (Phi) is 5.82. The van der Waals surface area contributed by atoms with Gasteiger partial charge in [0.1, 0.15) is 23.3 Å². The smallest absolute Gasteiger partial charge is 0.259 e. The minimum atomic E-state index is -0.398. The molecule has 1 saturated carbocycles. The molecule has 1 N–H and O–H groups in total. The molecule has 3 aromatic rings. The minimum Gasteiger partial charge on any atom is -0.494 e. The van der Waals surface area contributed by atoms with Crippen molar-refractivity contribution in [1.82, 2.24) is 4.57 Å². The fourth-order valence-electron chi connectivity index (χ4n) is 3.79. The number of benzene rings is 2. The molecule has 1 heterocycles. The van der Waals surface area contributed by atoms with E-state index in [9.17, 15) is 14.4 Å². The zero-order valence-electron chi connectivity index (χ0n) is 16.6. The van der Waals surface area contributed by atoms with E-state index < -0.39 is 5.82 Å².